The summed E-state index contributed by atoms with van der Waals surface area (Å²) < 4.78 is 27.6. The summed E-state index contributed by atoms with van der Waals surface area (Å²) in [5, 5.41) is 13.7. The number of aliphatic hydroxyl groups is 1. The SMILES string of the molecule is C=CCN(Cc1ccc(Cl)cc1C)C(=O)N(CC(=O)NC(CO)c1cccc(F)c1F)NC. The van der Waals surface area contributed by atoms with Crippen LogP contribution in [0.4, 0.5) is 13.6 Å². The van der Waals surface area contributed by atoms with E-state index < -0.39 is 42.8 Å². The molecule has 3 amide bonds. The second-order valence-electron chi connectivity index (χ2n) is 7.28. The van der Waals surface area contributed by atoms with E-state index in [-0.39, 0.29) is 18.7 Å². The van der Waals surface area contributed by atoms with E-state index >= 15 is 0 Å². The number of nitrogens with one attached hydrogen (secondary N) is 2. The minimum absolute atomic E-state index is 0.195. The second kappa shape index (κ2) is 12.3. The number of carbonyl (C=O) groups excluding carboxylic acids is 2. The first-order valence-electron chi connectivity index (χ1n) is 10.2. The summed E-state index contributed by atoms with van der Waals surface area (Å²) in [7, 11) is 1.47. The van der Waals surface area contributed by atoms with Crippen LogP contribution in [0.25, 0.3) is 0 Å². The molecule has 0 aliphatic carbocycles. The zero-order chi connectivity index (χ0) is 24.5. The van der Waals surface area contributed by atoms with Crippen molar-refractivity contribution < 1.29 is 23.5 Å². The minimum Gasteiger partial charge on any atom is -0.394 e. The molecule has 7 nitrogen and oxygen atoms in total. The molecule has 3 N–H and O–H groups in total. The molecule has 1 unspecified atom stereocenters. The predicted molar refractivity (Wildman–Crippen MR) is 122 cm³/mol. The van der Waals surface area contributed by atoms with Crippen LogP contribution in [0.3, 0.4) is 0 Å². The van der Waals surface area contributed by atoms with Crippen LogP contribution in [0.1, 0.15) is 22.7 Å². The van der Waals surface area contributed by atoms with E-state index in [9.17, 15) is 23.5 Å². The fraction of sp³-hybridized carbons (Fsp3) is 0.304. The molecule has 0 saturated heterocycles. The predicted octanol–water partition coefficient (Wildman–Crippen LogP) is 3.32. The molecule has 1 atom stereocenters. The highest BCUT2D eigenvalue weighted by atomic mass is 35.5. The lowest BCUT2D eigenvalue weighted by molar-refractivity contribution is -0.123. The summed E-state index contributed by atoms with van der Waals surface area (Å²) >= 11 is 6.00. The van der Waals surface area contributed by atoms with Crippen LogP contribution in [0, 0.1) is 18.6 Å². The number of halogens is 3. The highest BCUT2D eigenvalue weighted by Crippen LogP contribution is 2.20. The number of aliphatic hydroxyl groups excluding tert-OH is 1. The van der Waals surface area contributed by atoms with Crippen molar-refractivity contribution in [1.82, 2.24) is 20.7 Å². The molecule has 0 spiro atoms. The smallest absolute Gasteiger partial charge is 0.335 e. The van der Waals surface area contributed by atoms with Crippen LogP contribution in [0.15, 0.2) is 49.1 Å². The van der Waals surface area contributed by atoms with Crippen molar-refractivity contribution in [3.63, 3.8) is 0 Å². The lowest BCUT2D eigenvalue weighted by Gasteiger charge is -2.30. The largest absolute Gasteiger partial charge is 0.394 e. The maximum atomic E-state index is 14.1. The van der Waals surface area contributed by atoms with Gasteiger partial charge in [-0.05, 0) is 36.2 Å². The first-order valence-corrected chi connectivity index (χ1v) is 10.5. The Morgan fingerprint density at radius 2 is 2.00 bits per heavy atom. The Bertz CT molecular complexity index is 1010. The number of benzene rings is 2. The molecule has 2 rings (SSSR count). The topological polar surface area (TPSA) is 84.9 Å². The van der Waals surface area contributed by atoms with Crippen molar-refractivity contribution in [2.45, 2.75) is 19.5 Å². The van der Waals surface area contributed by atoms with Crippen LogP contribution >= 0.6 is 11.6 Å². The summed E-state index contributed by atoms with van der Waals surface area (Å²) in [6, 6.07) is 7.13. The monoisotopic (exact) mass is 480 g/mol. The number of nitrogens with zero attached hydrogens (tertiary/aromatic N) is 2. The Morgan fingerprint density at radius 1 is 1.27 bits per heavy atom. The van der Waals surface area contributed by atoms with Gasteiger partial charge in [0.15, 0.2) is 11.6 Å². The van der Waals surface area contributed by atoms with Crippen molar-refractivity contribution in [2.24, 2.45) is 0 Å². The van der Waals surface area contributed by atoms with Crippen molar-refractivity contribution in [2.75, 3.05) is 26.7 Å². The van der Waals surface area contributed by atoms with Crippen LogP contribution in [-0.2, 0) is 11.3 Å². The summed E-state index contributed by atoms with van der Waals surface area (Å²) in [5.74, 6) is -2.93. The van der Waals surface area contributed by atoms with Crippen molar-refractivity contribution in [3.05, 3.63) is 82.4 Å². The van der Waals surface area contributed by atoms with Gasteiger partial charge in [-0.1, -0.05) is 35.9 Å². The Balaban J connectivity index is 2.12. The second-order valence-corrected chi connectivity index (χ2v) is 7.71. The molecular weight excluding hydrogens is 454 g/mol. The third-order valence-corrected chi connectivity index (χ3v) is 5.20. The Hall–Kier alpha value is -3.01. The van der Waals surface area contributed by atoms with Crippen LogP contribution in [0.2, 0.25) is 5.02 Å². The number of amides is 3. The number of hydrogen-bond donors (Lipinski definition) is 3. The van der Waals surface area contributed by atoms with Gasteiger partial charge in [0.1, 0.15) is 6.54 Å². The molecule has 0 fully saturated rings. The van der Waals surface area contributed by atoms with Gasteiger partial charge >= 0.3 is 6.03 Å². The van der Waals surface area contributed by atoms with Gasteiger partial charge in [0, 0.05) is 30.7 Å². The van der Waals surface area contributed by atoms with E-state index in [1.807, 2.05) is 13.0 Å². The summed E-state index contributed by atoms with van der Waals surface area (Å²) in [5.41, 5.74) is 4.24. The number of rotatable bonds is 10. The summed E-state index contributed by atoms with van der Waals surface area (Å²) in [4.78, 5) is 27.1. The molecule has 2 aromatic rings. The van der Waals surface area contributed by atoms with Gasteiger partial charge in [-0.2, -0.15) is 0 Å². The molecule has 0 heterocycles. The first kappa shape index (κ1) is 26.2. The number of urea groups is 1. The number of aryl methyl sites for hydroxylation is 1. The first-order chi connectivity index (χ1) is 15.7. The van der Waals surface area contributed by atoms with Gasteiger partial charge in [0.05, 0.1) is 12.6 Å². The van der Waals surface area contributed by atoms with E-state index in [4.69, 9.17) is 11.6 Å². The third kappa shape index (κ3) is 6.98. The van der Waals surface area contributed by atoms with Gasteiger partial charge in [-0.25, -0.2) is 19.0 Å². The van der Waals surface area contributed by atoms with Crippen molar-refractivity contribution >= 4 is 23.5 Å². The molecule has 0 aliphatic heterocycles. The minimum atomic E-state index is -1.18. The van der Waals surface area contributed by atoms with E-state index in [1.54, 1.807) is 18.2 Å². The molecular formula is C23H27ClF2N4O3. The number of hydrazine groups is 1. The standard InChI is InChI=1S/C23H27ClF2N4O3/c1-4-10-29(12-16-8-9-17(24)11-15(16)2)23(33)30(27-3)13-21(32)28-20(14-31)18-6-5-7-19(25)22(18)26/h4-9,11,20,27,31H,1,10,12-14H2,2-3H3,(H,28,32). The zero-order valence-electron chi connectivity index (χ0n) is 18.4. The molecule has 0 saturated carbocycles. The lowest BCUT2D eigenvalue weighted by Crippen LogP contribution is -2.52. The van der Waals surface area contributed by atoms with Crippen molar-refractivity contribution in [3.8, 4) is 0 Å². The average molecular weight is 481 g/mol. The number of hydrogen-bond acceptors (Lipinski definition) is 4. The molecule has 2 aromatic carbocycles. The molecule has 33 heavy (non-hydrogen) atoms. The lowest BCUT2D eigenvalue weighted by atomic mass is 10.1. The summed E-state index contributed by atoms with van der Waals surface area (Å²) in [6.45, 7) is 4.93. The Morgan fingerprint density at radius 3 is 2.61 bits per heavy atom. The average Bonchev–Trinajstić information content (AvgIpc) is 2.78. The van der Waals surface area contributed by atoms with E-state index in [2.05, 4.69) is 17.3 Å². The zero-order valence-corrected chi connectivity index (χ0v) is 19.2. The number of carbonyl (C=O) groups is 2. The molecule has 178 valence electrons. The quantitative estimate of drug-likeness (QED) is 0.360. The highest BCUT2D eigenvalue weighted by Gasteiger charge is 2.25. The van der Waals surface area contributed by atoms with E-state index in [0.717, 1.165) is 22.2 Å². The van der Waals surface area contributed by atoms with Gasteiger partial charge in [-0.3, -0.25) is 9.80 Å². The molecule has 10 heteroatoms. The molecule has 0 aromatic heterocycles. The maximum absolute atomic E-state index is 14.1. The van der Waals surface area contributed by atoms with Crippen LogP contribution < -0.4 is 10.7 Å². The Kier molecular flexibility index (Phi) is 9.77. The van der Waals surface area contributed by atoms with Gasteiger partial charge in [0.2, 0.25) is 5.91 Å². The normalized spacial score (nSPS) is 11.6. The Labute approximate surface area is 196 Å². The maximum Gasteiger partial charge on any atom is 0.335 e. The third-order valence-electron chi connectivity index (χ3n) is 4.96. The van der Waals surface area contributed by atoms with Gasteiger partial charge in [-0.15, -0.1) is 6.58 Å². The molecule has 0 aliphatic rings. The van der Waals surface area contributed by atoms with E-state index in [1.165, 1.54) is 24.1 Å². The molecule has 0 radical (unpaired) electrons. The van der Waals surface area contributed by atoms with Gasteiger partial charge < -0.3 is 15.3 Å². The fourth-order valence-electron chi connectivity index (χ4n) is 3.22. The summed E-state index contributed by atoms with van der Waals surface area (Å²) in [6.07, 6.45) is 1.56. The van der Waals surface area contributed by atoms with E-state index in [0.29, 0.717) is 5.02 Å². The van der Waals surface area contributed by atoms with Crippen LogP contribution in [0.5, 0.6) is 0 Å². The fourth-order valence-corrected chi connectivity index (χ4v) is 3.44. The highest BCUT2D eigenvalue weighted by molar-refractivity contribution is 6.30. The van der Waals surface area contributed by atoms with Crippen LogP contribution in [-0.4, -0.2) is 53.7 Å². The van der Waals surface area contributed by atoms with Crippen molar-refractivity contribution in [1.29, 1.82) is 0 Å². The van der Waals surface area contributed by atoms with Gasteiger partial charge in [0.25, 0.3) is 0 Å². The molecule has 0 bridgehead atoms.